The van der Waals surface area contributed by atoms with Crippen LogP contribution in [0.4, 0.5) is 0 Å². The third kappa shape index (κ3) is 5.13. The molecule has 3 rings (SSSR count). The number of rotatable bonds is 8. The number of carbonyl (C=O) groups excluding carboxylic acids is 1. The van der Waals surface area contributed by atoms with Gasteiger partial charge in [-0.1, -0.05) is 22.9 Å². The fourth-order valence-electron chi connectivity index (χ4n) is 3.02. The summed E-state index contributed by atoms with van der Waals surface area (Å²) in [6.45, 7) is 3.94. The summed E-state index contributed by atoms with van der Waals surface area (Å²) in [7, 11) is 3.24. The van der Waals surface area contributed by atoms with Crippen LogP contribution in [0.2, 0.25) is 0 Å². The number of ether oxygens (including phenoxy) is 2. The molecule has 0 fully saturated rings. The summed E-state index contributed by atoms with van der Waals surface area (Å²) in [5.74, 6) is 2.33. The Hall–Kier alpha value is -3.35. The summed E-state index contributed by atoms with van der Waals surface area (Å²) in [5, 5.41) is 6.98. The van der Waals surface area contributed by atoms with Crippen LogP contribution >= 0.6 is 0 Å². The maximum absolute atomic E-state index is 12.4. The van der Waals surface area contributed by atoms with Crippen molar-refractivity contribution < 1.29 is 18.8 Å². The zero-order chi connectivity index (χ0) is 20.8. The van der Waals surface area contributed by atoms with E-state index in [0.29, 0.717) is 18.1 Å². The van der Waals surface area contributed by atoms with Crippen LogP contribution in [0.25, 0.3) is 11.4 Å². The average Bonchev–Trinajstić information content (AvgIpc) is 3.21. The second-order valence-electron chi connectivity index (χ2n) is 6.77. The van der Waals surface area contributed by atoms with E-state index in [0.717, 1.165) is 28.2 Å². The standard InChI is InChI=1S/C22H25N3O4/c1-14-5-10-19(28-4)18(13-14)15(2)23-20(26)11-12-21-24-22(25-29-21)16-6-8-17(27-3)9-7-16/h5-10,13,15H,11-12H2,1-4H3,(H,23,26). The molecule has 0 spiro atoms. The number of nitrogens with one attached hydrogen (secondary N) is 1. The van der Waals surface area contributed by atoms with E-state index in [1.165, 1.54) is 0 Å². The predicted molar refractivity (Wildman–Crippen MR) is 109 cm³/mol. The largest absolute Gasteiger partial charge is 0.497 e. The maximum Gasteiger partial charge on any atom is 0.227 e. The third-order valence-corrected chi connectivity index (χ3v) is 4.61. The van der Waals surface area contributed by atoms with E-state index in [2.05, 4.69) is 15.5 Å². The van der Waals surface area contributed by atoms with Crippen molar-refractivity contribution in [1.29, 1.82) is 0 Å². The van der Waals surface area contributed by atoms with Crippen LogP contribution in [-0.4, -0.2) is 30.3 Å². The zero-order valence-electron chi connectivity index (χ0n) is 17.1. The van der Waals surface area contributed by atoms with Gasteiger partial charge in [-0.05, 0) is 44.2 Å². The quantitative estimate of drug-likeness (QED) is 0.623. The first-order chi connectivity index (χ1) is 14.0. The van der Waals surface area contributed by atoms with Crippen LogP contribution in [0.1, 0.15) is 36.4 Å². The highest BCUT2D eigenvalue weighted by Gasteiger charge is 2.16. The van der Waals surface area contributed by atoms with Gasteiger partial charge in [0.15, 0.2) is 0 Å². The van der Waals surface area contributed by atoms with E-state index >= 15 is 0 Å². The molecule has 1 unspecified atom stereocenters. The van der Waals surface area contributed by atoms with E-state index in [1.54, 1.807) is 14.2 Å². The molecule has 7 nitrogen and oxygen atoms in total. The minimum Gasteiger partial charge on any atom is -0.497 e. The lowest BCUT2D eigenvalue weighted by Gasteiger charge is -2.17. The lowest BCUT2D eigenvalue weighted by Crippen LogP contribution is -2.27. The maximum atomic E-state index is 12.4. The van der Waals surface area contributed by atoms with Crippen LogP contribution in [0, 0.1) is 6.92 Å². The highest BCUT2D eigenvalue weighted by molar-refractivity contribution is 5.76. The Morgan fingerprint density at radius 3 is 2.59 bits per heavy atom. The molecular formula is C22H25N3O4. The molecule has 152 valence electrons. The first-order valence-corrected chi connectivity index (χ1v) is 9.41. The minimum absolute atomic E-state index is 0.0924. The van der Waals surface area contributed by atoms with E-state index < -0.39 is 0 Å². The Labute approximate surface area is 170 Å². The number of nitrogens with zero attached hydrogens (tertiary/aromatic N) is 2. The Kier molecular flexibility index (Phi) is 6.49. The SMILES string of the molecule is COc1ccc(-c2noc(CCC(=O)NC(C)c3cc(C)ccc3OC)n2)cc1. The molecule has 1 aromatic heterocycles. The molecule has 0 aliphatic carbocycles. The summed E-state index contributed by atoms with van der Waals surface area (Å²) < 4.78 is 15.8. The van der Waals surface area contributed by atoms with Crippen molar-refractivity contribution in [3.63, 3.8) is 0 Å². The number of aryl methyl sites for hydroxylation is 2. The number of aromatic nitrogens is 2. The van der Waals surface area contributed by atoms with Gasteiger partial charge < -0.3 is 19.3 Å². The first-order valence-electron chi connectivity index (χ1n) is 9.41. The normalized spacial score (nSPS) is 11.7. The fourth-order valence-corrected chi connectivity index (χ4v) is 3.02. The van der Waals surface area contributed by atoms with Crippen molar-refractivity contribution in [3.8, 4) is 22.9 Å². The number of carbonyl (C=O) groups is 1. The lowest BCUT2D eigenvalue weighted by atomic mass is 10.0. The zero-order valence-corrected chi connectivity index (χ0v) is 17.1. The van der Waals surface area contributed by atoms with Gasteiger partial charge in [0.05, 0.1) is 20.3 Å². The van der Waals surface area contributed by atoms with Crippen molar-refractivity contribution in [2.45, 2.75) is 32.7 Å². The molecule has 1 atom stereocenters. The number of hydrogen-bond acceptors (Lipinski definition) is 6. The van der Waals surface area contributed by atoms with Gasteiger partial charge in [-0.25, -0.2) is 0 Å². The van der Waals surface area contributed by atoms with Crippen LogP contribution in [0.5, 0.6) is 11.5 Å². The molecule has 2 aromatic carbocycles. The second-order valence-corrected chi connectivity index (χ2v) is 6.77. The van der Waals surface area contributed by atoms with Gasteiger partial charge in [0, 0.05) is 24.0 Å². The molecule has 0 aliphatic heterocycles. The van der Waals surface area contributed by atoms with E-state index in [1.807, 2.05) is 56.3 Å². The molecule has 0 radical (unpaired) electrons. The van der Waals surface area contributed by atoms with Gasteiger partial charge in [-0.3, -0.25) is 4.79 Å². The van der Waals surface area contributed by atoms with Crippen molar-refractivity contribution in [1.82, 2.24) is 15.5 Å². The molecular weight excluding hydrogens is 370 g/mol. The number of hydrogen-bond donors (Lipinski definition) is 1. The van der Waals surface area contributed by atoms with E-state index in [9.17, 15) is 4.79 Å². The van der Waals surface area contributed by atoms with Gasteiger partial charge in [0.2, 0.25) is 17.6 Å². The molecule has 0 saturated carbocycles. The van der Waals surface area contributed by atoms with Crippen LogP contribution in [0.3, 0.4) is 0 Å². The summed E-state index contributed by atoms with van der Waals surface area (Å²) in [6, 6.07) is 13.1. The third-order valence-electron chi connectivity index (χ3n) is 4.61. The summed E-state index contributed by atoms with van der Waals surface area (Å²) >= 11 is 0. The first kappa shape index (κ1) is 20.4. The second kappa shape index (κ2) is 9.23. The van der Waals surface area contributed by atoms with Crippen molar-refractivity contribution in [2.75, 3.05) is 14.2 Å². The van der Waals surface area contributed by atoms with Crippen LogP contribution in [-0.2, 0) is 11.2 Å². The molecule has 1 heterocycles. The molecule has 1 N–H and O–H groups in total. The Morgan fingerprint density at radius 1 is 1.14 bits per heavy atom. The monoisotopic (exact) mass is 395 g/mol. The summed E-state index contributed by atoms with van der Waals surface area (Å²) in [4.78, 5) is 16.7. The predicted octanol–water partition coefficient (Wildman–Crippen LogP) is 3.87. The van der Waals surface area contributed by atoms with E-state index in [-0.39, 0.29) is 18.4 Å². The van der Waals surface area contributed by atoms with Crippen molar-refractivity contribution in [2.24, 2.45) is 0 Å². The van der Waals surface area contributed by atoms with Gasteiger partial charge in [0.25, 0.3) is 0 Å². The van der Waals surface area contributed by atoms with Gasteiger partial charge in [-0.15, -0.1) is 0 Å². The Morgan fingerprint density at radius 2 is 1.90 bits per heavy atom. The molecule has 29 heavy (non-hydrogen) atoms. The molecule has 0 aliphatic rings. The van der Waals surface area contributed by atoms with Crippen molar-refractivity contribution >= 4 is 5.91 Å². The summed E-state index contributed by atoms with van der Waals surface area (Å²) in [5.41, 5.74) is 2.88. The smallest absolute Gasteiger partial charge is 0.227 e. The molecule has 0 bridgehead atoms. The molecule has 0 saturated heterocycles. The fraction of sp³-hybridized carbons (Fsp3) is 0.318. The Balaban J connectivity index is 1.57. The lowest BCUT2D eigenvalue weighted by molar-refractivity contribution is -0.121. The van der Waals surface area contributed by atoms with Gasteiger partial charge in [-0.2, -0.15) is 4.98 Å². The topological polar surface area (TPSA) is 86.5 Å². The Bertz CT molecular complexity index is 966. The highest BCUT2D eigenvalue weighted by atomic mass is 16.5. The van der Waals surface area contributed by atoms with Gasteiger partial charge >= 0.3 is 0 Å². The highest BCUT2D eigenvalue weighted by Crippen LogP contribution is 2.26. The molecule has 3 aromatic rings. The van der Waals surface area contributed by atoms with Crippen molar-refractivity contribution in [3.05, 3.63) is 59.5 Å². The summed E-state index contributed by atoms with van der Waals surface area (Å²) in [6.07, 6.45) is 0.620. The minimum atomic E-state index is -0.171. The number of amides is 1. The van der Waals surface area contributed by atoms with E-state index in [4.69, 9.17) is 14.0 Å². The van der Waals surface area contributed by atoms with Crippen LogP contribution < -0.4 is 14.8 Å². The van der Waals surface area contributed by atoms with Gasteiger partial charge in [0.1, 0.15) is 11.5 Å². The number of methoxy groups -OCH3 is 2. The molecule has 7 heteroatoms. The van der Waals surface area contributed by atoms with Crippen LogP contribution in [0.15, 0.2) is 47.0 Å². The number of benzene rings is 2. The average molecular weight is 395 g/mol. The molecule has 1 amide bonds.